The number of aliphatic hydroxyl groups excluding tert-OH is 1. The molecule has 98 valence electrons. The van der Waals surface area contributed by atoms with Gasteiger partial charge < -0.3 is 10.8 Å². The topological polar surface area (TPSA) is 49.5 Å². The van der Waals surface area contributed by atoms with E-state index in [1.165, 1.54) is 5.56 Å². The number of likely N-dealkylation sites (N-methyl/N-ethyl adjacent to an activating group) is 1. The van der Waals surface area contributed by atoms with Gasteiger partial charge in [-0.3, -0.25) is 4.90 Å². The van der Waals surface area contributed by atoms with Crippen LogP contribution in [0, 0.1) is 11.8 Å². The standard InChI is InChI=1S/C15H22N2O/c1-15(2,12-18)17(3)11-14-7-4-6-13(10-14)8-5-9-16/h4,6-7,10,18H,9,11-12,16H2,1-3H3. The lowest BCUT2D eigenvalue weighted by Crippen LogP contribution is -2.43. The van der Waals surface area contributed by atoms with E-state index in [1.807, 2.05) is 33.0 Å². The summed E-state index contributed by atoms with van der Waals surface area (Å²) in [7, 11) is 2.01. The van der Waals surface area contributed by atoms with E-state index in [4.69, 9.17) is 5.73 Å². The molecule has 1 aromatic rings. The molecule has 0 aromatic heterocycles. The van der Waals surface area contributed by atoms with Crippen molar-refractivity contribution >= 4 is 0 Å². The third kappa shape index (κ3) is 4.15. The van der Waals surface area contributed by atoms with Crippen molar-refractivity contribution in [3.05, 3.63) is 35.4 Å². The predicted octanol–water partition coefficient (Wildman–Crippen LogP) is 1.20. The van der Waals surface area contributed by atoms with Gasteiger partial charge in [0.05, 0.1) is 13.2 Å². The Morgan fingerprint density at radius 2 is 2.11 bits per heavy atom. The lowest BCUT2D eigenvalue weighted by atomic mass is 10.0. The van der Waals surface area contributed by atoms with Crippen molar-refractivity contribution in [3.63, 3.8) is 0 Å². The second-order valence-corrected chi connectivity index (χ2v) is 5.03. The van der Waals surface area contributed by atoms with E-state index in [0.717, 1.165) is 12.1 Å². The average molecular weight is 246 g/mol. The van der Waals surface area contributed by atoms with E-state index in [2.05, 4.69) is 28.9 Å². The zero-order chi connectivity index (χ0) is 13.6. The van der Waals surface area contributed by atoms with Crippen LogP contribution in [0.2, 0.25) is 0 Å². The summed E-state index contributed by atoms with van der Waals surface area (Å²) in [5, 5.41) is 9.34. The number of nitrogens with two attached hydrogens (primary N) is 1. The van der Waals surface area contributed by atoms with Crippen LogP contribution in [-0.4, -0.2) is 35.7 Å². The van der Waals surface area contributed by atoms with Crippen LogP contribution in [0.4, 0.5) is 0 Å². The second-order valence-electron chi connectivity index (χ2n) is 5.03. The molecule has 3 heteroatoms. The SMILES string of the molecule is CN(Cc1cccc(C#CCN)c1)C(C)(C)CO. The van der Waals surface area contributed by atoms with Crippen molar-refractivity contribution in [2.45, 2.75) is 25.9 Å². The largest absolute Gasteiger partial charge is 0.394 e. The van der Waals surface area contributed by atoms with Crippen LogP contribution in [-0.2, 0) is 6.54 Å². The Labute approximate surface area is 110 Å². The first-order valence-electron chi connectivity index (χ1n) is 6.09. The van der Waals surface area contributed by atoms with Gasteiger partial charge in [-0.15, -0.1) is 0 Å². The van der Waals surface area contributed by atoms with Gasteiger partial charge in [-0.2, -0.15) is 0 Å². The van der Waals surface area contributed by atoms with Gasteiger partial charge in [0.15, 0.2) is 0 Å². The van der Waals surface area contributed by atoms with Crippen molar-refractivity contribution in [1.29, 1.82) is 0 Å². The van der Waals surface area contributed by atoms with E-state index in [9.17, 15) is 5.11 Å². The van der Waals surface area contributed by atoms with Gasteiger partial charge in [0.25, 0.3) is 0 Å². The molecule has 0 aliphatic carbocycles. The highest BCUT2D eigenvalue weighted by Crippen LogP contribution is 2.15. The first kappa shape index (κ1) is 14.7. The molecule has 1 rings (SSSR count). The van der Waals surface area contributed by atoms with Gasteiger partial charge >= 0.3 is 0 Å². The molecule has 3 nitrogen and oxygen atoms in total. The Morgan fingerprint density at radius 1 is 1.39 bits per heavy atom. The highest BCUT2D eigenvalue weighted by Gasteiger charge is 2.22. The monoisotopic (exact) mass is 246 g/mol. The molecule has 0 heterocycles. The molecule has 0 amide bonds. The molecule has 0 bridgehead atoms. The minimum atomic E-state index is -0.223. The highest BCUT2D eigenvalue weighted by atomic mass is 16.3. The van der Waals surface area contributed by atoms with Crippen LogP contribution in [0.1, 0.15) is 25.0 Å². The second kappa shape index (κ2) is 6.55. The zero-order valence-electron chi connectivity index (χ0n) is 11.4. The first-order chi connectivity index (χ1) is 8.49. The summed E-state index contributed by atoms with van der Waals surface area (Å²) in [6, 6.07) is 8.10. The molecule has 0 aliphatic heterocycles. The van der Waals surface area contributed by atoms with Crippen LogP contribution in [0.15, 0.2) is 24.3 Å². The van der Waals surface area contributed by atoms with Crippen molar-refractivity contribution in [2.24, 2.45) is 5.73 Å². The number of hydrogen-bond acceptors (Lipinski definition) is 3. The number of hydrogen-bond donors (Lipinski definition) is 2. The van der Waals surface area contributed by atoms with E-state index in [-0.39, 0.29) is 12.1 Å². The fourth-order valence-electron chi connectivity index (χ4n) is 1.51. The quantitative estimate of drug-likeness (QED) is 0.785. The third-order valence-electron chi connectivity index (χ3n) is 3.10. The maximum atomic E-state index is 9.34. The van der Waals surface area contributed by atoms with Crippen LogP contribution in [0.5, 0.6) is 0 Å². The molecule has 0 saturated heterocycles. The first-order valence-corrected chi connectivity index (χ1v) is 6.09. The van der Waals surface area contributed by atoms with Crippen molar-refractivity contribution in [3.8, 4) is 11.8 Å². The Balaban J connectivity index is 2.79. The van der Waals surface area contributed by atoms with E-state index in [1.54, 1.807) is 0 Å². The van der Waals surface area contributed by atoms with Gasteiger partial charge in [-0.05, 0) is 38.6 Å². The molecule has 0 fully saturated rings. The lowest BCUT2D eigenvalue weighted by Gasteiger charge is -2.33. The summed E-state index contributed by atoms with van der Waals surface area (Å²) < 4.78 is 0. The van der Waals surface area contributed by atoms with Gasteiger partial charge in [-0.1, -0.05) is 24.0 Å². The number of aliphatic hydroxyl groups is 1. The number of benzene rings is 1. The smallest absolute Gasteiger partial charge is 0.0610 e. The molecule has 0 aliphatic rings. The van der Waals surface area contributed by atoms with Crippen LogP contribution in [0.25, 0.3) is 0 Å². The number of rotatable bonds is 4. The summed E-state index contributed by atoms with van der Waals surface area (Å²) in [4.78, 5) is 2.13. The van der Waals surface area contributed by atoms with Crippen LogP contribution in [0.3, 0.4) is 0 Å². The van der Waals surface area contributed by atoms with Crippen LogP contribution >= 0.6 is 0 Å². The summed E-state index contributed by atoms with van der Waals surface area (Å²) in [6.07, 6.45) is 0. The summed E-state index contributed by atoms with van der Waals surface area (Å²) in [6.45, 7) is 5.33. The summed E-state index contributed by atoms with van der Waals surface area (Å²) in [5.41, 5.74) is 7.30. The van der Waals surface area contributed by atoms with E-state index in [0.29, 0.717) is 6.54 Å². The van der Waals surface area contributed by atoms with Gasteiger partial charge in [0.2, 0.25) is 0 Å². The van der Waals surface area contributed by atoms with Crippen molar-refractivity contribution < 1.29 is 5.11 Å². The molecule has 0 radical (unpaired) electrons. The van der Waals surface area contributed by atoms with Gasteiger partial charge in [0.1, 0.15) is 0 Å². The Kier molecular flexibility index (Phi) is 5.36. The molecule has 18 heavy (non-hydrogen) atoms. The normalized spacial score (nSPS) is 11.2. The molecule has 0 spiro atoms. The summed E-state index contributed by atoms with van der Waals surface area (Å²) in [5.74, 6) is 5.88. The van der Waals surface area contributed by atoms with Crippen LogP contribution < -0.4 is 5.73 Å². The van der Waals surface area contributed by atoms with Gasteiger partial charge in [-0.25, -0.2) is 0 Å². The molecule has 0 atom stereocenters. The Bertz CT molecular complexity index is 443. The maximum Gasteiger partial charge on any atom is 0.0610 e. The van der Waals surface area contributed by atoms with Crippen molar-refractivity contribution in [2.75, 3.05) is 20.2 Å². The maximum absolute atomic E-state index is 9.34. The third-order valence-corrected chi connectivity index (χ3v) is 3.10. The zero-order valence-corrected chi connectivity index (χ0v) is 11.4. The molecule has 0 saturated carbocycles. The van der Waals surface area contributed by atoms with Gasteiger partial charge in [0, 0.05) is 17.6 Å². The van der Waals surface area contributed by atoms with E-state index < -0.39 is 0 Å². The molecular weight excluding hydrogens is 224 g/mol. The summed E-state index contributed by atoms with van der Waals surface area (Å²) >= 11 is 0. The minimum Gasteiger partial charge on any atom is -0.394 e. The Morgan fingerprint density at radius 3 is 2.72 bits per heavy atom. The molecular formula is C15H22N2O. The Hall–Kier alpha value is -1.34. The fraction of sp³-hybridized carbons (Fsp3) is 0.467. The number of nitrogens with zero attached hydrogens (tertiary/aromatic N) is 1. The lowest BCUT2D eigenvalue weighted by molar-refractivity contribution is 0.0734. The predicted molar refractivity (Wildman–Crippen MR) is 75.0 cm³/mol. The minimum absolute atomic E-state index is 0.135. The average Bonchev–Trinajstić information content (AvgIpc) is 2.36. The highest BCUT2D eigenvalue weighted by molar-refractivity contribution is 5.37. The fourth-order valence-corrected chi connectivity index (χ4v) is 1.51. The molecule has 3 N–H and O–H groups in total. The van der Waals surface area contributed by atoms with E-state index >= 15 is 0 Å². The van der Waals surface area contributed by atoms with Crippen molar-refractivity contribution in [1.82, 2.24) is 4.90 Å². The molecule has 1 aromatic carbocycles. The molecule has 0 unspecified atom stereocenters.